The number of piperidine rings is 1. The van der Waals surface area contributed by atoms with Gasteiger partial charge >= 0.3 is 0 Å². The van der Waals surface area contributed by atoms with Crippen LogP contribution in [0.5, 0.6) is 5.75 Å². The standard InChI is InChI=1S/C12H17NO/c14-12-5-1-3-10(8-12)7-11-4-2-6-13-9-11/h1,3,5,8,11,13-14H,2,4,6-7,9H2. The number of phenols is 1. The first kappa shape index (κ1) is 9.53. The zero-order valence-corrected chi connectivity index (χ0v) is 8.37. The third-order valence-corrected chi connectivity index (χ3v) is 2.83. The van der Waals surface area contributed by atoms with Crippen LogP contribution in [0, 0.1) is 5.92 Å². The number of aromatic hydroxyl groups is 1. The number of nitrogens with one attached hydrogen (secondary N) is 1. The first-order chi connectivity index (χ1) is 6.84. The predicted molar refractivity (Wildman–Crippen MR) is 57.4 cm³/mol. The van der Waals surface area contributed by atoms with E-state index in [0.29, 0.717) is 5.75 Å². The van der Waals surface area contributed by atoms with Gasteiger partial charge in [0.25, 0.3) is 0 Å². The van der Waals surface area contributed by atoms with Gasteiger partial charge in [-0.1, -0.05) is 12.1 Å². The van der Waals surface area contributed by atoms with E-state index < -0.39 is 0 Å². The zero-order chi connectivity index (χ0) is 9.80. The van der Waals surface area contributed by atoms with E-state index >= 15 is 0 Å². The second-order valence-corrected chi connectivity index (χ2v) is 4.09. The highest BCUT2D eigenvalue weighted by Gasteiger charge is 2.13. The highest BCUT2D eigenvalue weighted by molar-refractivity contribution is 5.27. The van der Waals surface area contributed by atoms with Gasteiger partial charge in [0.05, 0.1) is 0 Å². The summed E-state index contributed by atoms with van der Waals surface area (Å²) in [6.45, 7) is 2.28. The van der Waals surface area contributed by atoms with Crippen LogP contribution in [0.3, 0.4) is 0 Å². The molecular weight excluding hydrogens is 174 g/mol. The summed E-state index contributed by atoms with van der Waals surface area (Å²) in [6.07, 6.45) is 3.67. The predicted octanol–water partition coefficient (Wildman–Crippen LogP) is 1.93. The molecule has 1 unspecified atom stereocenters. The number of hydrogen-bond acceptors (Lipinski definition) is 2. The van der Waals surface area contributed by atoms with E-state index in [-0.39, 0.29) is 0 Å². The molecule has 1 atom stereocenters. The lowest BCUT2D eigenvalue weighted by atomic mass is 9.92. The van der Waals surface area contributed by atoms with Crippen LogP contribution in [0.15, 0.2) is 24.3 Å². The van der Waals surface area contributed by atoms with Crippen LogP contribution in [0.1, 0.15) is 18.4 Å². The fourth-order valence-electron chi connectivity index (χ4n) is 2.11. The Balaban J connectivity index is 1.95. The van der Waals surface area contributed by atoms with E-state index in [2.05, 4.69) is 11.4 Å². The van der Waals surface area contributed by atoms with Crippen molar-refractivity contribution in [2.45, 2.75) is 19.3 Å². The van der Waals surface area contributed by atoms with E-state index in [1.54, 1.807) is 6.07 Å². The molecule has 1 saturated heterocycles. The molecule has 0 saturated carbocycles. The smallest absolute Gasteiger partial charge is 0.115 e. The summed E-state index contributed by atoms with van der Waals surface area (Å²) in [4.78, 5) is 0. The number of phenolic OH excluding ortho intramolecular Hbond substituents is 1. The Kier molecular flexibility index (Phi) is 3.04. The minimum Gasteiger partial charge on any atom is -0.508 e. The molecule has 0 amide bonds. The monoisotopic (exact) mass is 191 g/mol. The molecular formula is C12H17NO. The van der Waals surface area contributed by atoms with Gasteiger partial charge < -0.3 is 10.4 Å². The molecule has 14 heavy (non-hydrogen) atoms. The maximum Gasteiger partial charge on any atom is 0.115 e. The molecule has 1 fully saturated rings. The SMILES string of the molecule is Oc1cccc(CC2CCCNC2)c1. The van der Waals surface area contributed by atoms with Crippen molar-refractivity contribution in [2.24, 2.45) is 5.92 Å². The first-order valence-corrected chi connectivity index (χ1v) is 5.33. The average molecular weight is 191 g/mol. The van der Waals surface area contributed by atoms with Gasteiger partial charge in [-0.25, -0.2) is 0 Å². The maximum atomic E-state index is 9.33. The Morgan fingerprint density at radius 3 is 3.07 bits per heavy atom. The van der Waals surface area contributed by atoms with Crippen molar-refractivity contribution < 1.29 is 5.11 Å². The fourth-order valence-corrected chi connectivity index (χ4v) is 2.11. The van der Waals surface area contributed by atoms with Crippen LogP contribution in [-0.4, -0.2) is 18.2 Å². The molecule has 0 spiro atoms. The summed E-state index contributed by atoms with van der Waals surface area (Å²) in [5.41, 5.74) is 1.25. The molecule has 1 aromatic carbocycles. The Labute approximate surface area is 85.0 Å². The summed E-state index contributed by atoms with van der Waals surface area (Å²) in [6, 6.07) is 7.60. The van der Waals surface area contributed by atoms with Crippen molar-refractivity contribution in [3.05, 3.63) is 29.8 Å². The van der Waals surface area contributed by atoms with E-state index in [1.165, 1.54) is 18.4 Å². The number of rotatable bonds is 2. The summed E-state index contributed by atoms with van der Waals surface area (Å²) in [5.74, 6) is 1.12. The lowest BCUT2D eigenvalue weighted by Crippen LogP contribution is -2.30. The molecule has 0 bridgehead atoms. The van der Waals surface area contributed by atoms with Crippen molar-refractivity contribution in [3.63, 3.8) is 0 Å². The van der Waals surface area contributed by atoms with E-state index in [1.807, 2.05) is 12.1 Å². The van der Waals surface area contributed by atoms with E-state index in [9.17, 15) is 5.11 Å². The second-order valence-electron chi connectivity index (χ2n) is 4.09. The quantitative estimate of drug-likeness (QED) is 0.748. The summed E-state index contributed by atoms with van der Waals surface area (Å²) in [7, 11) is 0. The van der Waals surface area contributed by atoms with Crippen LogP contribution in [-0.2, 0) is 6.42 Å². The highest BCUT2D eigenvalue weighted by Crippen LogP contribution is 2.18. The average Bonchev–Trinajstić information content (AvgIpc) is 2.19. The van der Waals surface area contributed by atoms with Crippen molar-refractivity contribution in [3.8, 4) is 5.75 Å². The molecule has 2 N–H and O–H groups in total. The van der Waals surface area contributed by atoms with Crippen molar-refractivity contribution >= 4 is 0 Å². The van der Waals surface area contributed by atoms with Crippen LogP contribution in [0.25, 0.3) is 0 Å². The van der Waals surface area contributed by atoms with Gasteiger partial charge in [-0.3, -0.25) is 0 Å². The second kappa shape index (κ2) is 4.47. The molecule has 1 heterocycles. The Morgan fingerprint density at radius 1 is 1.43 bits per heavy atom. The minimum atomic E-state index is 0.381. The summed E-state index contributed by atoms with van der Waals surface area (Å²) in [5, 5.41) is 12.7. The molecule has 1 aliphatic heterocycles. The Morgan fingerprint density at radius 2 is 2.36 bits per heavy atom. The van der Waals surface area contributed by atoms with Crippen LogP contribution >= 0.6 is 0 Å². The molecule has 2 nitrogen and oxygen atoms in total. The normalized spacial score (nSPS) is 22.1. The molecule has 76 valence electrons. The van der Waals surface area contributed by atoms with E-state index in [0.717, 1.165) is 25.4 Å². The van der Waals surface area contributed by atoms with Gasteiger partial charge in [-0.2, -0.15) is 0 Å². The highest BCUT2D eigenvalue weighted by atomic mass is 16.3. The maximum absolute atomic E-state index is 9.33. The summed E-state index contributed by atoms with van der Waals surface area (Å²) >= 11 is 0. The van der Waals surface area contributed by atoms with Crippen molar-refractivity contribution in [1.82, 2.24) is 5.32 Å². The largest absolute Gasteiger partial charge is 0.508 e. The third-order valence-electron chi connectivity index (χ3n) is 2.83. The fraction of sp³-hybridized carbons (Fsp3) is 0.500. The molecule has 1 aromatic rings. The summed E-state index contributed by atoms with van der Waals surface area (Å²) < 4.78 is 0. The van der Waals surface area contributed by atoms with Crippen molar-refractivity contribution in [1.29, 1.82) is 0 Å². The molecule has 0 aliphatic carbocycles. The topological polar surface area (TPSA) is 32.3 Å². The Bertz CT molecular complexity index is 292. The molecule has 2 rings (SSSR count). The lowest BCUT2D eigenvalue weighted by molar-refractivity contribution is 0.375. The van der Waals surface area contributed by atoms with Gasteiger partial charge in [0.1, 0.15) is 5.75 Å². The third kappa shape index (κ3) is 2.48. The van der Waals surface area contributed by atoms with Gasteiger partial charge in [0.15, 0.2) is 0 Å². The number of benzene rings is 1. The minimum absolute atomic E-state index is 0.381. The molecule has 0 aromatic heterocycles. The molecule has 1 aliphatic rings. The Hall–Kier alpha value is -1.02. The van der Waals surface area contributed by atoms with Crippen molar-refractivity contribution in [2.75, 3.05) is 13.1 Å². The first-order valence-electron chi connectivity index (χ1n) is 5.33. The molecule has 0 radical (unpaired) electrons. The van der Waals surface area contributed by atoms with E-state index in [4.69, 9.17) is 0 Å². The molecule has 2 heteroatoms. The van der Waals surface area contributed by atoms with Crippen LogP contribution in [0.4, 0.5) is 0 Å². The van der Waals surface area contributed by atoms with Gasteiger partial charge in [-0.15, -0.1) is 0 Å². The van der Waals surface area contributed by atoms with Gasteiger partial charge in [-0.05, 0) is 56.0 Å². The van der Waals surface area contributed by atoms with Gasteiger partial charge in [0, 0.05) is 0 Å². The van der Waals surface area contributed by atoms with Crippen LogP contribution in [0.2, 0.25) is 0 Å². The zero-order valence-electron chi connectivity index (χ0n) is 8.37. The van der Waals surface area contributed by atoms with Gasteiger partial charge in [0.2, 0.25) is 0 Å². The lowest BCUT2D eigenvalue weighted by Gasteiger charge is -2.22. The van der Waals surface area contributed by atoms with Crippen LogP contribution < -0.4 is 5.32 Å². The number of hydrogen-bond donors (Lipinski definition) is 2.